The monoisotopic (exact) mass is 158 g/mol. The van der Waals surface area contributed by atoms with Gasteiger partial charge in [-0.1, -0.05) is 0 Å². The van der Waals surface area contributed by atoms with Gasteiger partial charge in [0.25, 0.3) is 0 Å². The molecule has 0 saturated carbocycles. The summed E-state index contributed by atoms with van der Waals surface area (Å²) in [5.41, 5.74) is 3.79. The van der Waals surface area contributed by atoms with E-state index in [9.17, 15) is 4.39 Å². The lowest BCUT2D eigenvalue weighted by Gasteiger charge is -2.05. The first-order chi connectivity index (χ1) is 5.27. The number of halogens is 1. The summed E-state index contributed by atoms with van der Waals surface area (Å²) in [7, 11) is 0. The lowest BCUT2D eigenvalue weighted by atomic mass is 10.3. The van der Waals surface area contributed by atoms with E-state index in [4.69, 9.17) is 10.4 Å². The van der Waals surface area contributed by atoms with Gasteiger partial charge >= 0.3 is 0 Å². The fourth-order valence-electron chi connectivity index (χ4n) is 0.706. The van der Waals surface area contributed by atoms with Crippen LogP contribution in [0.25, 0.3) is 0 Å². The van der Waals surface area contributed by atoms with Gasteiger partial charge < -0.3 is 0 Å². The van der Waals surface area contributed by atoms with E-state index in [-0.39, 0.29) is 11.4 Å². The molecule has 0 radical (unpaired) electrons. The predicted molar refractivity (Wildman–Crippen MR) is 37.2 cm³/mol. The van der Waals surface area contributed by atoms with Gasteiger partial charge in [-0.3, -0.25) is 21.4 Å². The fourth-order valence-corrected chi connectivity index (χ4v) is 0.706. The third-order valence-corrected chi connectivity index (χ3v) is 1.22. The zero-order valence-electron chi connectivity index (χ0n) is 5.50. The second-order valence-corrected chi connectivity index (χ2v) is 1.91. The van der Waals surface area contributed by atoms with Crippen LogP contribution >= 0.6 is 0 Å². The molecule has 4 N–H and O–H groups in total. The molecule has 0 aromatic heterocycles. The molecule has 4 nitrogen and oxygen atoms in total. The average molecular weight is 158 g/mol. The first-order valence-electron chi connectivity index (χ1n) is 2.87. The van der Waals surface area contributed by atoms with E-state index in [1.165, 1.54) is 6.07 Å². The summed E-state index contributed by atoms with van der Waals surface area (Å²) in [6.45, 7) is 0. The third-order valence-electron chi connectivity index (χ3n) is 1.22. The molecule has 5 heteroatoms. The van der Waals surface area contributed by atoms with Gasteiger partial charge in [0.05, 0.1) is 11.4 Å². The van der Waals surface area contributed by atoms with E-state index in [1.807, 2.05) is 0 Å². The van der Waals surface area contributed by atoms with E-state index < -0.39 is 5.82 Å². The Morgan fingerprint density at radius 3 is 2.27 bits per heavy atom. The Kier molecular flexibility index (Phi) is 2.25. The van der Waals surface area contributed by atoms with Crippen molar-refractivity contribution < 1.29 is 14.8 Å². The van der Waals surface area contributed by atoms with E-state index in [0.717, 1.165) is 12.1 Å². The Labute approximate surface area is 62.2 Å². The number of benzene rings is 1. The second kappa shape index (κ2) is 3.18. The summed E-state index contributed by atoms with van der Waals surface area (Å²) < 4.78 is 12.4. The van der Waals surface area contributed by atoms with Crippen molar-refractivity contribution >= 4 is 11.4 Å². The number of hydrogen-bond acceptors (Lipinski definition) is 4. The highest BCUT2D eigenvalue weighted by atomic mass is 19.1. The van der Waals surface area contributed by atoms with Crippen LogP contribution in [0.1, 0.15) is 0 Å². The summed E-state index contributed by atoms with van der Waals surface area (Å²) >= 11 is 0. The van der Waals surface area contributed by atoms with Gasteiger partial charge in [0.1, 0.15) is 5.82 Å². The lowest BCUT2D eigenvalue weighted by molar-refractivity contribution is 0.377. The molecule has 0 bridgehead atoms. The van der Waals surface area contributed by atoms with E-state index >= 15 is 0 Å². The largest absolute Gasteiger partial charge is 0.291 e. The van der Waals surface area contributed by atoms with Crippen LogP contribution in [0, 0.1) is 5.82 Å². The molecule has 0 amide bonds. The highest BCUT2D eigenvalue weighted by Crippen LogP contribution is 2.20. The van der Waals surface area contributed by atoms with Crippen LogP contribution in [0.3, 0.4) is 0 Å². The van der Waals surface area contributed by atoms with Crippen molar-refractivity contribution in [3.05, 3.63) is 24.0 Å². The number of hydrogen-bond donors (Lipinski definition) is 4. The van der Waals surface area contributed by atoms with E-state index in [1.54, 1.807) is 11.0 Å². The van der Waals surface area contributed by atoms with E-state index in [2.05, 4.69) is 0 Å². The zero-order chi connectivity index (χ0) is 8.27. The Morgan fingerprint density at radius 1 is 1.09 bits per heavy atom. The third kappa shape index (κ3) is 1.57. The Balaban J connectivity index is 3.06. The fraction of sp³-hybridized carbons (Fsp3) is 0. The molecule has 0 aliphatic carbocycles. The van der Waals surface area contributed by atoms with Crippen molar-refractivity contribution in [2.75, 3.05) is 11.0 Å². The van der Waals surface area contributed by atoms with Crippen LogP contribution in [0.15, 0.2) is 18.2 Å². The average Bonchev–Trinajstić information content (AvgIpc) is 2.04. The van der Waals surface area contributed by atoms with Crippen LogP contribution in [-0.4, -0.2) is 10.4 Å². The van der Waals surface area contributed by atoms with Crippen LogP contribution in [-0.2, 0) is 0 Å². The second-order valence-electron chi connectivity index (χ2n) is 1.91. The highest BCUT2D eigenvalue weighted by molar-refractivity contribution is 5.66. The van der Waals surface area contributed by atoms with Crippen molar-refractivity contribution in [3.63, 3.8) is 0 Å². The molecule has 0 fully saturated rings. The maximum absolute atomic E-state index is 12.4. The highest BCUT2D eigenvalue weighted by Gasteiger charge is 2.00. The Bertz CT molecular complexity index is 254. The SMILES string of the molecule is ONc1ccc(F)cc1NO. The minimum atomic E-state index is -0.499. The summed E-state index contributed by atoms with van der Waals surface area (Å²) in [6.07, 6.45) is 0. The molecule has 0 atom stereocenters. The van der Waals surface area contributed by atoms with Crippen molar-refractivity contribution in [1.82, 2.24) is 0 Å². The molecule has 1 aromatic rings. The van der Waals surface area contributed by atoms with Crippen molar-refractivity contribution in [1.29, 1.82) is 0 Å². The molecule has 0 aliphatic heterocycles. The minimum Gasteiger partial charge on any atom is -0.291 e. The van der Waals surface area contributed by atoms with Crippen LogP contribution < -0.4 is 11.0 Å². The van der Waals surface area contributed by atoms with Gasteiger partial charge in [0, 0.05) is 6.07 Å². The first-order valence-corrected chi connectivity index (χ1v) is 2.87. The molecule has 0 aliphatic rings. The normalized spacial score (nSPS) is 9.36. The predicted octanol–water partition coefficient (Wildman–Crippen LogP) is 1.43. The minimum absolute atomic E-state index is 0.0764. The molecule has 1 rings (SSSR count). The topological polar surface area (TPSA) is 64.5 Å². The van der Waals surface area contributed by atoms with Gasteiger partial charge in [-0.25, -0.2) is 4.39 Å². The molecular weight excluding hydrogens is 151 g/mol. The Morgan fingerprint density at radius 2 is 1.73 bits per heavy atom. The maximum Gasteiger partial charge on any atom is 0.125 e. The molecule has 1 aromatic carbocycles. The molecule has 60 valence electrons. The van der Waals surface area contributed by atoms with Crippen molar-refractivity contribution in [3.8, 4) is 0 Å². The van der Waals surface area contributed by atoms with Crippen LogP contribution in [0.2, 0.25) is 0 Å². The standard InChI is InChI=1S/C6H7FN2O2/c7-4-1-2-5(8-10)6(3-4)9-11/h1-3,8-11H. The van der Waals surface area contributed by atoms with Gasteiger partial charge in [0.15, 0.2) is 0 Å². The van der Waals surface area contributed by atoms with Crippen LogP contribution in [0.5, 0.6) is 0 Å². The van der Waals surface area contributed by atoms with Crippen LogP contribution in [0.4, 0.5) is 15.8 Å². The quantitative estimate of drug-likeness (QED) is 0.491. The summed E-state index contributed by atoms with van der Waals surface area (Å²) in [6, 6.07) is 3.48. The molecule has 0 spiro atoms. The van der Waals surface area contributed by atoms with Gasteiger partial charge in [-0.15, -0.1) is 0 Å². The Hall–Kier alpha value is -1.33. The summed E-state index contributed by atoms with van der Waals surface area (Å²) in [5.74, 6) is -0.499. The zero-order valence-corrected chi connectivity index (χ0v) is 5.50. The number of anilines is 2. The van der Waals surface area contributed by atoms with Gasteiger partial charge in [0.2, 0.25) is 0 Å². The molecule has 0 unspecified atom stereocenters. The molecule has 0 saturated heterocycles. The van der Waals surface area contributed by atoms with E-state index in [0.29, 0.717) is 0 Å². The van der Waals surface area contributed by atoms with Crippen molar-refractivity contribution in [2.24, 2.45) is 0 Å². The maximum atomic E-state index is 12.4. The first kappa shape index (κ1) is 7.77. The molecule has 11 heavy (non-hydrogen) atoms. The number of rotatable bonds is 2. The lowest BCUT2D eigenvalue weighted by Crippen LogP contribution is -1.97. The number of nitrogens with one attached hydrogen (secondary N) is 2. The molecular formula is C6H7FN2O2. The van der Waals surface area contributed by atoms with Gasteiger partial charge in [-0.2, -0.15) is 0 Å². The summed E-state index contributed by atoms with van der Waals surface area (Å²) in [5, 5.41) is 16.8. The summed E-state index contributed by atoms with van der Waals surface area (Å²) in [4.78, 5) is 0. The molecule has 0 heterocycles. The van der Waals surface area contributed by atoms with Gasteiger partial charge in [-0.05, 0) is 12.1 Å². The van der Waals surface area contributed by atoms with Crippen molar-refractivity contribution in [2.45, 2.75) is 0 Å². The smallest absolute Gasteiger partial charge is 0.125 e.